The van der Waals surface area contributed by atoms with Crippen LogP contribution >= 0.6 is 22.9 Å². The largest absolute Gasteiger partial charge is 0.477 e. The number of nitrogens with zero attached hydrogens (tertiary/aromatic N) is 5. The first-order valence-electron chi connectivity index (χ1n) is 15.5. The predicted octanol–water partition coefficient (Wildman–Crippen LogP) is 7.04. The molecule has 6 aromatic rings. The number of carboxylic acid groups (broad SMARTS) is 1. The molecule has 10 nitrogen and oxygen atoms in total. The number of halogens is 1. The van der Waals surface area contributed by atoms with Crippen molar-refractivity contribution in [3.63, 3.8) is 0 Å². The Balaban J connectivity index is 1.17. The average Bonchev–Trinajstić information content (AvgIpc) is 3.80. The minimum atomic E-state index is -0.920. The van der Waals surface area contributed by atoms with Crippen molar-refractivity contribution < 1.29 is 14.7 Å². The summed E-state index contributed by atoms with van der Waals surface area (Å²) in [7, 11) is 1.96. The number of fused-ring (bicyclic) bond motifs is 3. The summed E-state index contributed by atoms with van der Waals surface area (Å²) < 4.78 is 4.56. The standard InChI is InChI=1S/C34H32ClN7O3S/c1-17-22-13-23-25(14-26(22)46-29(17)32(44)45)41(2)33(39-23)34(10-5-11-34)40-31(43)19-8-9-21-24(12-19)42(36)28(27(21)18-6-3-4-7-18)30-37-15-20(35)16-38-30/h8-9,12-16,18H,3-7,10-11,36H2,1-2H3,(H,40,43)(H,44,45). The molecule has 12 heteroatoms. The van der Waals surface area contributed by atoms with E-state index >= 15 is 0 Å². The van der Waals surface area contributed by atoms with E-state index in [0.29, 0.717) is 27.2 Å². The van der Waals surface area contributed by atoms with Gasteiger partial charge in [-0.25, -0.2) is 19.7 Å². The minimum absolute atomic E-state index is 0.190. The first-order valence-corrected chi connectivity index (χ1v) is 16.7. The van der Waals surface area contributed by atoms with Gasteiger partial charge in [-0.1, -0.05) is 30.5 Å². The number of carbonyl (C=O) groups excluding carboxylic acids is 1. The topological polar surface area (TPSA) is 141 Å². The molecule has 0 spiro atoms. The third-order valence-corrected chi connectivity index (χ3v) is 11.5. The predicted molar refractivity (Wildman–Crippen MR) is 180 cm³/mol. The maximum absolute atomic E-state index is 14.0. The van der Waals surface area contributed by atoms with Crippen molar-refractivity contribution in [1.29, 1.82) is 0 Å². The number of aryl methyl sites for hydroxylation is 2. The second kappa shape index (κ2) is 10.5. The van der Waals surface area contributed by atoms with Crippen LogP contribution in [-0.2, 0) is 12.6 Å². The summed E-state index contributed by atoms with van der Waals surface area (Å²) in [6.07, 6.45) is 10.1. The number of imidazole rings is 1. The van der Waals surface area contributed by atoms with Gasteiger partial charge in [0.05, 0.1) is 27.1 Å². The molecule has 4 N–H and O–H groups in total. The highest BCUT2D eigenvalue weighted by Gasteiger charge is 2.44. The second-order valence-corrected chi connectivity index (χ2v) is 14.1. The number of hydrogen-bond donors (Lipinski definition) is 3. The molecule has 0 unspecified atom stereocenters. The van der Waals surface area contributed by atoms with Crippen molar-refractivity contribution in [2.24, 2.45) is 7.05 Å². The fourth-order valence-electron chi connectivity index (χ4n) is 7.53. The molecule has 2 aliphatic rings. The van der Waals surface area contributed by atoms with Crippen molar-refractivity contribution >= 4 is 66.8 Å². The van der Waals surface area contributed by atoms with Crippen LogP contribution in [0.2, 0.25) is 5.02 Å². The molecule has 2 aliphatic carbocycles. The van der Waals surface area contributed by atoms with Crippen LogP contribution in [0.5, 0.6) is 0 Å². The van der Waals surface area contributed by atoms with Crippen LogP contribution in [0, 0.1) is 6.92 Å². The number of carboxylic acids is 1. The molecule has 4 aromatic heterocycles. The molecule has 0 saturated heterocycles. The number of nitrogens with two attached hydrogens (primary N) is 1. The first-order chi connectivity index (χ1) is 22.1. The van der Waals surface area contributed by atoms with E-state index in [0.717, 1.165) is 99.6 Å². The zero-order valence-electron chi connectivity index (χ0n) is 25.4. The number of aromatic nitrogens is 5. The number of nitrogens with one attached hydrogen (secondary N) is 1. The maximum Gasteiger partial charge on any atom is 0.346 e. The molecule has 4 heterocycles. The highest BCUT2D eigenvalue weighted by Crippen LogP contribution is 2.45. The lowest BCUT2D eigenvalue weighted by atomic mass is 9.75. The van der Waals surface area contributed by atoms with Crippen molar-refractivity contribution in [3.8, 4) is 11.5 Å². The molecule has 2 saturated carbocycles. The van der Waals surface area contributed by atoms with Crippen LogP contribution < -0.4 is 11.2 Å². The summed E-state index contributed by atoms with van der Waals surface area (Å²) >= 11 is 7.37. The van der Waals surface area contributed by atoms with Crippen LogP contribution in [0.1, 0.15) is 87.8 Å². The monoisotopic (exact) mass is 653 g/mol. The van der Waals surface area contributed by atoms with Crippen molar-refractivity contribution in [3.05, 3.63) is 75.1 Å². The van der Waals surface area contributed by atoms with E-state index in [4.69, 9.17) is 22.4 Å². The third kappa shape index (κ3) is 4.32. The summed E-state index contributed by atoms with van der Waals surface area (Å²) in [6, 6.07) is 9.71. The van der Waals surface area contributed by atoms with Crippen molar-refractivity contribution in [2.45, 2.75) is 63.3 Å². The zero-order chi connectivity index (χ0) is 31.9. The lowest BCUT2D eigenvalue weighted by Crippen LogP contribution is -2.52. The van der Waals surface area contributed by atoms with E-state index in [-0.39, 0.29) is 5.91 Å². The molecule has 0 radical (unpaired) electrons. The van der Waals surface area contributed by atoms with Crippen LogP contribution in [0.25, 0.3) is 43.5 Å². The maximum atomic E-state index is 14.0. The molecule has 46 heavy (non-hydrogen) atoms. The Morgan fingerprint density at radius 2 is 1.80 bits per heavy atom. The quantitative estimate of drug-likeness (QED) is 0.164. The molecule has 0 bridgehead atoms. The normalized spacial score (nSPS) is 16.4. The Morgan fingerprint density at radius 1 is 1.07 bits per heavy atom. The second-order valence-electron chi connectivity index (χ2n) is 12.7. The summed E-state index contributed by atoms with van der Waals surface area (Å²) in [4.78, 5) is 40.0. The number of benzene rings is 2. The van der Waals surface area contributed by atoms with Crippen molar-refractivity contribution in [1.82, 2.24) is 29.5 Å². The molecular weight excluding hydrogens is 622 g/mol. The van der Waals surface area contributed by atoms with Gasteiger partial charge in [-0.15, -0.1) is 11.3 Å². The Labute approximate surface area is 273 Å². The van der Waals surface area contributed by atoms with Gasteiger partial charge in [0.15, 0.2) is 5.82 Å². The Morgan fingerprint density at radius 3 is 2.48 bits per heavy atom. The van der Waals surface area contributed by atoms with Gasteiger partial charge in [0.2, 0.25) is 0 Å². The lowest BCUT2D eigenvalue weighted by Gasteiger charge is -2.41. The van der Waals surface area contributed by atoms with Gasteiger partial charge >= 0.3 is 5.97 Å². The molecule has 0 aliphatic heterocycles. The number of aromatic carboxylic acids is 1. The first kappa shape index (κ1) is 29.0. The van der Waals surface area contributed by atoms with Gasteiger partial charge in [-0.05, 0) is 85.7 Å². The van der Waals surface area contributed by atoms with Crippen LogP contribution in [0.4, 0.5) is 0 Å². The van der Waals surface area contributed by atoms with Gasteiger partial charge in [0, 0.05) is 35.1 Å². The van der Waals surface area contributed by atoms with Gasteiger partial charge in [-0.3, -0.25) is 9.47 Å². The fraction of sp³-hybridized carbons (Fsp3) is 0.324. The molecule has 234 valence electrons. The lowest BCUT2D eigenvalue weighted by molar-refractivity contribution is 0.0700. The smallest absolute Gasteiger partial charge is 0.346 e. The zero-order valence-corrected chi connectivity index (χ0v) is 27.0. The van der Waals surface area contributed by atoms with Gasteiger partial charge < -0.3 is 20.8 Å². The van der Waals surface area contributed by atoms with E-state index in [1.54, 1.807) is 17.1 Å². The summed E-state index contributed by atoms with van der Waals surface area (Å²) in [5.74, 6) is 7.30. The number of nitrogen functional groups attached to an aromatic ring is 1. The number of amides is 1. The molecule has 2 fully saturated rings. The van der Waals surface area contributed by atoms with E-state index in [1.165, 1.54) is 11.3 Å². The fourth-order valence-corrected chi connectivity index (χ4v) is 8.69. The molecule has 8 rings (SSSR count). The number of rotatable bonds is 6. The SMILES string of the molecule is Cc1c(C(=O)O)sc2cc3c(cc12)nc(C1(NC(=O)c2ccc4c(C5CCCC5)c(-c5ncc(Cl)cn5)n(N)c4c2)CCC1)n3C. The Hall–Kier alpha value is -4.48. The van der Waals surface area contributed by atoms with Crippen LogP contribution in [0.3, 0.4) is 0 Å². The van der Waals surface area contributed by atoms with Gasteiger partial charge in [0.1, 0.15) is 16.4 Å². The highest BCUT2D eigenvalue weighted by molar-refractivity contribution is 7.21. The van der Waals surface area contributed by atoms with E-state index in [2.05, 4.69) is 15.3 Å². The minimum Gasteiger partial charge on any atom is -0.477 e. The molecular formula is C34H32ClN7O3S. The van der Waals surface area contributed by atoms with E-state index in [9.17, 15) is 14.7 Å². The van der Waals surface area contributed by atoms with Crippen LogP contribution in [-0.4, -0.2) is 41.2 Å². The molecule has 1 amide bonds. The summed E-state index contributed by atoms with van der Waals surface area (Å²) in [6.45, 7) is 1.84. The number of thiophene rings is 1. The summed E-state index contributed by atoms with van der Waals surface area (Å²) in [5.41, 5.74) is 4.97. The van der Waals surface area contributed by atoms with Gasteiger partial charge in [0.25, 0.3) is 5.91 Å². The highest BCUT2D eigenvalue weighted by atomic mass is 35.5. The average molecular weight is 654 g/mol. The Kier molecular flexibility index (Phi) is 6.63. The molecule has 0 atom stereocenters. The number of carbonyl (C=O) groups is 2. The van der Waals surface area contributed by atoms with Crippen LogP contribution in [0.15, 0.2) is 42.7 Å². The number of hydrogen-bond acceptors (Lipinski definition) is 7. The third-order valence-electron chi connectivity index (χ3n) is 10.0. The Bertz CT molecular complexity index is 2220. The summed E-state index contributed by atoms with van der Waals surface area (Å²) in [5, 5.41) is 15.3. The molecule has 2 aromatic carbocycles. The van der Waals surface area contributed by atoms with Crippen molar-refractivity contribution in [2.75, 3.05) is 5.84 Å². The van der Waals surface area contributed by atoms with Gasteiger partial charge in [-0.2, -0.15) is 0 Å². The van der Waals surface area contributed by atoms with E-state index in [1.807, 2.05) is 48.9 Å². The van der Waals surface area contributed by atoms with E-state index < -0.39 is 11.5 Å².